The van der Waals surface area contributed by atoms with E-state index in [9.17, 15) is 0 Å². The molecule has 10 aromatic rings. The largest absolute Gasteiger partial charge is 0.308 e. The lowest BCUT2D eigenvalue weighted by molar-refractivity contribution is 1.19. The van der Waals surface area contributed by atoms with E-state index in [-0.39, 0.29) is 0 Å². The second kappa shape index (κ2) is 9.60. The van der Waals surface area contributed by atoms with E-state index in [0.717, 1.165) is 10.5 Å². The van der Waals surface area contributed by atoms with Gasteiger partial charge in [0, 0.05) is 53.6 Å². The van der Waals surface area contributed by atoms with Crippen molar-refractivity contribution in [2.24, 2.45) is 0 Å². The van der Waals surface area contributed by atoms with Crippen molar-refractivity contribution in [2.75, 3.05) is 0 Å². The minimum absolute atomic E-state index is 1.08. The smallest absolute Gasteiger partial charge is 0.124 e. The highest BCUT2D eigenvalue weighted by Crippen LogP contribution is 2.52. The number of hydrogen-bond acceptors (Lipinski definition) is 3. The lowest BCUT2D eigenvalue weighted by Gasteiger charge is -2.14. The van der Waals surface area contributed by atoms with E-state index < -0.39 is 0 Å². The van der Waals surface area contributed by atoms with Crippen molar-refractivity contribution in [3.63, 3.8) is 0 Å². The number of aromatic nitrogens is 2. The van der Waals surface area contributed by atoms with Gasteiger partial charge in [0.2, 0.25) is 0 Å². The van der Waals surface area contributed by atoms with Crippen LogP contribution in [0.4, 0.5) is 0 Å². The van der Waals surface area contributed by atoms with Crippen molar-refractivity contribution in [1.82, 2.24) is 9.55 Å². The van der Waals surface area contributed by atoms with Crippen LogP contribution in [0.15, 0.2) is 146 Å². The van der Waals surface area contributed by atoms with Crippen molar-refractivity contribution < 1.29 is 0 Å². The summed E-state index contributed by atoms with van der Waals surface area (Å²) in [7, 11) is 0. The summed E-state index contributed by atoms with van der Waals surface area (Å²) in [5.74, 6) is 0. The molecule has 0 aliphatic heterocycles. The Morgan fingerprint density at radius 1 is 0.467 bits per heavy atom. The third kappa shape index (κ3) is 3.64. The Morgan fingerprint density at radius 3 is 1.87 bits per heavy atom. The summed E-state index contributed by atoms with van der Waals surface area (Å²) in [5, 5.41) is 7.81. The summed E-state index contributed by atoms with van der Waals surface area (Å²) in [6, 6.07) is 50.7. The number of hydrogen-bond donors (Lipinski definition) is 0. The zero-order valence-electron chi connectivity index (χ0n) is 24.1. The van der Waals surface area contributed by atoms with Gasteiger partial charge in [0.25, 0.3) is 0 Å². The number of rotatable bonds is 3. The molecule has 0 spiro atoms. The van der Waals surface area contributed by atoms with Gasteiger partial charge >= 0.3 is 0 Å². The number of pyridine rings is 1. The third-order valence-electron chi connectivity index (χ3n) is 9.02. The maximum absolute atomic E-state index is 4.86. The van der Waals surface area contributed by atoms with E-state index in [0.29, 0.717) is 0 Å². The molecule has 6 aromatic carbocycles. The molecule has 0 amide bonds. The highest BCUT2D eigenvalue weighted by molar-refractivity contribution is 7.30. The average Bonchev–Trinajstić information content (AvgIpc) is 3.78. The van der Waals surface area contributed by atoms with E-state index >= 15 is 0 Å². The number of fused-ring (bicyclic) bond motifs is 12. The van der Waals surface area contributed by atoms with Crippen LogP contribution in [0.3, 0.4) is 0 Å². The van der Waals surface area contributed by atoms with Crippen LogP contribution in [0.25, 0.3) is 90.2 Å². The summed E-state index contributed by atoms with van der Waals surface area (Å²) < 4.78 is 6.48. The van der Waals surface area contributed by atoms with E-state index in [4.69, 9.17) is 4.98 Å². The molecule has 10 rings (SSSR count). The second-order valence-corrected chi connectivity index (χ2v) is 13.6. The Morgan fingerprint density at radius 2 is 1.11 bits per heavy atom. The predicted octanol–water partition coefficient (Wildman–Crippen LogP) is 12.2. The molecule has 0 bridgehead atoms. The first-order valence-corrected chi connectivity index (χ1v) is 16.8. The number of benzene rings is 6. The summed E-state index contributed by atoms with van der Waals surface area (Å²) >= 11 is 3.72. The summed E-state index contributed by atoms with van der Waals surface area (Å²) in [4.78, 5) is 5.95. The molecule has 4 heterocycles. The fourth-order valence-corrected chi connectivity index (χ4v) is 9.64. The monoisotopic (exact) mass is 608 g/mol. The number of thiophene rings is 2. The minimum atomic E-state index is 1.08. The van der Waals surface area contributed by atoms with Gasteiger partial charge in [-0.1, -0.05) is 97.1 Å². The first-order valence-electron chi connectivity index (χ1n) is 15.1. The highest BCUT2D eigenvalue weighted by Gasteiger charge is 2.25. The molecule has 0 aliphatic carbocycles. The van der Waals surface area contributed by atoms with Gasteiger partial charge in [0.15, 0.2) is 0 Å². The second-order valence-electron chi connectivity index (χ2n) is 11.5. The van der Waals surface area contributed by atoms with Crippen molar-refractivity contribution in [1.29, 1.82) is 0 Å². The molecule has 0 N–H and O–H groups in total. The van der Waals surface area contributed by atoms with E-state index in [1.54, 1.807) is 0 Å². The zero-order valence-corrected chi connectivity index (χ0v) is 25.7. The molecule has 2 nitrogen and oxygen atoms in total. The predicted molar refractivity (Wildman–Crippen MR) is 195 cm³/mol. The Hall–Kier alpha value is -5.29. The molecular formula is C41H24N2S2. The summed E-state index contributed by atoms with van der Waals surface area (Å²) in [5.41, 5.74) is 8.45. The summed E-state index contributed by atoms with van der Waals surface area (Å²) in [6.45, 7) is 0. The van der Waals surface area contributed by atoms with E-state index in [1.165, 1.54) is 79.7 Å². The van der Waals surface area contributed by atoms with Crippen LogP contribution in [0.5, 0.6) is 0 Å². The lowest BCUT2D eigenvalue weighted by Crippen LogP contribution is -1.96. The Balaban J connectivity index is 1.45. The maximum atomic E-state index is 4.86. The van der Waals surface area contributed by atoms with Crippen LogP contribution in [-0.2, 0) is 0 Å². The molecule has 210 valence electrons. The molecule has 4 aromatic heterocycles. The molecule has 0 fully saturated rings. The van der Waals surface area contributed by atoms with Gasteiger partial charge in [-0.25, -0.2) is 4.98 Å². The van der Waals surface area contributed by atoms with Gasteiger partial charge in [-0.05, 0) is 64.7 Å². The zero-order chi connectivity index (χ0) is 29.5. The lowest BCUT2D eigenvalue weighted by atomic mass is 9.98. The van der Waals surface area contributed by atoms with Crippen LogP contribution in [-0.4, -0.2) is 9.55 Å². The van der Waals surface area contributed by atoms with E-state index in [1.807, 2.05) is 28.9 Å². The molecule has 4 heteroatoms. The van der Waals surface area contributed by atoms with Gasteiger partial charge in [-0.3, -0.25) is 0 Å². The van der Waals surface area contributed by atoms with Gasteiger partial charge in [0.1, 0.15) is 4.83 Å². The van der Waals surface area contributed by atoms with Gasteiger partial charge in [0.05, 0.1) is 15.7 Å². The number of nitrogens with zero attached hydrogens (tertiary/aromatic N) is 2. The van der Waals surface area contributed by atoms with Crippen LogP contribution < -0.4 is 0 Å². The molecule has 45 heavy (non-hydrogen) atoms. The third-order valence-corrected chi connectivity index (χ3v) is 11.3. The van der Waals surface area contributed by atoms with Crippen LogP contribution in [0, 0.1) is 0 Å². The van der Waals surface area contributed by atoms with Crippen LogP contribution in [0.1, 0.15) is 0 Å². The molecule has 0 saturated heterocycles. The molecule has 0 unspecified atom stereocenters. The number of para-hydroxylation sites is 1. The van der Waals surface area contributed by atoms with Gasteiger partial charge in [-0.2, -0.15) is 0 Å². The van der Waals surface area contributed by atoms with Crippen molar-refractivity contribution in [3.05, 3.63) is 146 Å². The molecule has 0 aliphatic rings. The SMILES string of the molecule is c1ccc(-c2cc(-c3ccccc3)cc(-n3c4ccccc4c4c5c6ccccc6sc5c5c6cccnc6sc5c43)c2)cc1. The topological polar surface area (TPSA) is 17.8 Å². The minimum Gasteiger partial charge on any atom is -0.308 e. The quantitative estimate of drug-likeness (QED) is 0.195. The summed E-state index contributed by atoms with van der Waals surface area (Å²) in [6.07, 6.45) is 1.92. The molecule has 0 radical (unpaired) electrons. The average molecular weight is 609 g/mol. The van der Waals surface area contributed by atoms with Crippen molar-refractivity contribution in [2.45, 2.75) is 0 Å². The van der Waals surface area contributed by atoms with E-state index in [2.05, 4.69) is 144 Å². The van der Waals surface area contributed by atoms with Crippen LogP contribution >= 0.6 is 22.7 Å². The fourth-order valence-electron chi connectivity index (χ4n) is 7.11. The van der Waals surface area contributed by atoms with Crippen molar-refractivity contribution in [3.8, 4) is 27.9 Å². The van der Waals surface area contributed by atoms with Gasteiger partial charge in [-0.15, -0.1) is 22.7 Å². The van der Waals surface area contributed by atoms with Crippen LogP contribution in [0.2, 0.25) is 0 Å². The first-order chi connectivity index (χ1) is 22.3. The molecule has 0 atom stereocenters. The standard InChI is InChI=1S/C41H24N2S2/c1-3-12-25(13-4-1)27-22-28(26-14-5-2-6-15-26)24-29(23-27)43-33-19-9-7-16-30(33)35-36-31-17-8-10-20-34(31)44-39(36)37-32-18-11-21-42-41(32)45-40(37)38(35)43/h1-24H. The normalized spacial score (nSPS) is 12.0. The highest BCUT2D eigenvalue weighted by atomic mass is 32.1. The maximum Gasteiger partial charge on any atom is 0.124 e. The Labute approximate surface area is 267 Å². The first kappa shape index (κ1) is 25.1. The fraction of sp³-hybridized carbons (Fsp3) is 0. The Kier molecular flexibility index (Phi) is 5.35. The van der Waals surface area contributed by atoms with Gasteiger partial charge < -0.3 is 4.57 Å². The van der Waals surface area contributed by atoms with Crippen molar-refractivity contribution >= 4 is 85.0 Å². The molecule has 0 saturated carbocycles. The molecular weight excluding hydrogens is 585 g/mol. The Bertz CT molecular complexity index is 2690.